The molecule has 9 heteroatoms. The summed E-state index contributed by atoms with van der Waals surface area (Å²) in [5, 5.41) is 10.2. The molecule has 5 rings (SSSR count). The van der Waals surface area contributed by atoms with Gasteiger partial charge in [-0.2, -0.15) is 0 Å². The van der Waals surface area contributed by atoms with Gasteiger partial charge < -0.3 is 23.7 Å². The molecule has 2 heterocycles. The van der Waals surface area contributed by atoms with Gasteiger partial charge in [-0.3, -0.25) is 0 Å². The Bertz CT molecular complexity index is 1420. The van der Waals surface area contributed by atoms with Gasteiger partial charge in [-0.15, -0.1) is 0 Å². The zero-order valence-electron chi connectivity index (χ0n) is 19.7. The Morgan fingerprint density at radius 2 is 1.77 bits per heavy atom. The highest BCUT2D eigenvalue weighted by molar-refractivity contribution is 5.94. The molecule has 2 aromatic heterocycles. The molecule has 0 atom stereocenters. The van der Waals surface area contributed by atoms with Crippen LogP contribution in [0.4, 0.5) is 8.78 Å². The third-order valence-corrected chi connectivity index (χ3v) is 6.74. The van der Waals surface area contributed by atoms with Crippen LogP contribution in [0.3, 0.4) is 0 Å². The van der Waals surface area contributed by atoms with Gasteiger partial charge in [-0.05, 0) is 48.4 Å². The largest absolute Gasteiger partial charge is 0.478 e. The molecule has 4 aromatic rings. The first kappa shape index (κ1) is 23.4. The number of aromatic carboxylic acids is 1. The van der Waals surface area contributed by atoms with Crippen LogP contribution < -0.4 is 0 Å². The average Bonchev–Trinajstić information content (AvgIpc) is 3.34. The average molecular weight is 484 g/mol. The van der Waals surface area contributed by atoms with Crippen molar-refractivity contribution in [3.63, 3.8) is 0 Å². The van der Waals surface area contributed by atoms with Crippen LogP contribution in [0.1, 0.15) is 28.0 Å². The maximum absolute atomic E-state index is 14.4. The first-order valence-electron chi connectivity index (χ1n) is 11.6. The Balaban J connectivity index is 1.69. The highest BCUT2D eigenvalue weighted by atomic mass is 19.3. The minimum atomic E-state index is -2.73. The van der Waals surface area contributed by atoms with Crippen molar-refractivity contribution < 1.29 is 28.2 Å². The predicted octanol–water partition coefficient (Wildman–Crippen LogP) is 4.77. The van der Waals surface area contributed by atoms with Gasteiger partial charge in [-0.1, -0.05) is 0 Å². The van der Waals surface area contributed by atoms with Crippen LogP contribution in [0, 0.1) is 0 Å². The minimum Gasteiger partial charge on any atom is -0.478 e. The van der Waals surface area contributed by atoms with Crippen molar-refractivity contribution >= 4 is 27.9 Å². The van der Waals surface area contributed by atoms with Crippen molar-refractivity contribution in [1.82, 2.24) is 14.1 Å². The summed E-state index contributed by atoms with van der Waals surface area (Å²) in [5.41, 5.74) is 4.81. The van der Waals surface area contributed by atoms with Crippen LogP contribution in [-0.4, -0.2) is 58.5 Å². The SMILES string of the molecule is COCCn1c(-c2ccc3c(c2)c2c(n3CCOC)CCC(F)(F)C2)nc2cc(C(=O)O)ccc21. The lowest BCUT2D eigenvalue weighted by Gasteiger charge is -2.23. The van der Waals surface area contributed by atoms with Crippen LogP contribution >= 0.6 is 0 Å². The number of imidazole rings is 1. The number of methoxy groups -OCH3 is 2. The summed E-state index contributed by atoms with van der Waals surface area (Å²) in [6.45, 7) is 2.04. The molecule has 0 saturated carbocycles. The topological polar surface area (TPSA) is 78.5 Å². The van der Waals surface area contributed by atoms with E-state index >= 15 is 0 Å². The highest BCUT2D eigenvalue weighted by Crippen LogP contribution is 2.40. The van der Waals surface area contributed by atoms with Gasteiger partial charge in [0.1, 0.15) is 5.82 Å². The van der Waals surface area contributed by atoms with Gasteiger partial charge in [-0.25, -0.2) is 18.6 Å². The van der Waals surface area contributed by atoms with Crippen molar-refractivity contribution in [1.29, 1.82) is 0 Å². The first-order valence-corrected chi connectivity index (χ1v) is 11.6. The lowest BCUT2D eigenvalue weighted by atomic mass is 9.92. The molecule has 7 nitrogen and oxygen atoms in total. The summed E-state index contributed by atoms with van der Waals surface area (Å²) in [6.07, 6.45) is -0.125. The second-order valence-corrected chi connectivity index (χ2v) is 8.92. The van der Waals surface area contributed by atoms with Crippen molar-refractivity contribution in [3.8, 4) is 11.4 Å². The molecule has 0 spiro atoms. The number of benzene rings is 2. The first-order chi connectivity index (χ1) is 16.8. The van der Waals surface area contributed by atoms with E-state index in [1.54, 1.807) is 32.4 Å². The Hall–Kier alpha value is -3.30. The fraction of sp³-hybridized carbons (Fsp3) is 0.385. The van der Waals surface area contributed by atoms with Crippen LogP contribution in [0.2, 0.25) is 0 Å². The van der Waals surface area contributed by atoms with Crippen LogP contribution in [0.15, 0.2) is 36.4 Å². The van der Waals surface area contributed by atoms with E-state index in [-0.39, 0.29) is 18.4 Å². The fourth-order valence-electron chi connectivity index (χ4n) is 5.08. The Morgan fingerprint density at radius 1 is 1.06 bits per heavy atom. The maximum Gasteiger partial charge on any atom is 0.335 e. The van der Waals surface area contributed by atoms with E-state index in [0.29, 0.717) is 49.6 Å². The van der Waals surface area contributed by atoms with Gasteiger partial charge in [0.25, 0.3) is 5.92 Å². The number of carboxylic acid groups (broad SMARTS) is 1. The van der Waals surface area contributed by atoms with Crippen LogP contribution in [-0.2, 0) is 35.4 Å². The number of carbonyl (C=O) groups is 1. The quantitative estimate of drug-likeness (QED) is 0.391. The molecule has 1 aliphatic carbocycles. The standard InChI is InChI=1S/C26H27F2N3O4/c1-34-11-9-30-21-5-3-16(13-18(21)19-15-26(27,28)8-7-22(19)30)24-29-20-14-17(25(32)33)4-6-23(20)31(24)10-12-35-2/h3-6,13-14H,7-12,15H2,1-2H3,(H,32,33). The second-order valence-electron chi connectivity index (χ2n) is 8.92. The fourth-order valence-corrected chi connectivity index (χ4v) is 5.08. The smallest absolute Gasteiger partial charge is 0.335 e. The number of rotatable bonds is 8. The number of carboxylic acids is 1. The highest BCUT2D eigenvalue weighted by Gasteiger charge is 2.37. The number of hydrogen-bond acceptors (Lipinski definition) is 4. The summed E-state index contributed by atoms with van der Waals surface area (Å²) < 4.78 is 43.5. The number of alkyl halides is 2. The van der Waals surface area contributed by atoms with Gasteiger partial charge in [0.05, 0.1) is 29.8 Å². The molecule has 0 radical (unpaired) electrons. The number of nitrogens with zero attached hydrogens (tertiary/aromatic N) is 3. The monoisotopic (exact) mass is 483 g/mol. The minimum absolute atomic E-state index is 0.155. The molecule has 1 aliphatic rings. The number of ether oxygens (including phenoxy) is 2. The van der Waals surface area contributed by atoms with Crippen molar-refractivity contribution in [2.45, 2.75) is 38.3 Å². The molecule has 0 amide bonds. The van der Waals surface area contributed by atoms with Crippen LogP contribution in [0.5, 0.6) is 0 Å². The molecular formula is C26H27F2N3O4. The molecule has 0 aliphatic heterocycles. The van der Waals surface area contributed by atoms with E-state index in [9.17, 15) is 18.7 Å². The summed E-state index contributed by atoms with van der Waals surface area (Å²) in [5.74, 6) is -3.11. The van der Waals surface area contributed by atoms with E-state index in [0.717, 1.165) is 27.7 Å². The van der Waals surface area contributed by atoms with Crippen LogP contribution in [0.25, 0.3) is 33.3 Å². The van der Waals surface area contributed by atoms with E-state index in [2.05, 4.69) is 4.57 Å². The molecule has 184 valence electrons. The van der Waals surface area contributed by atoms with Gasteiger partial charge >= 0.3 is 5.97 Å². The Labute approximate surface area is 200 Å². The number of hydrogen-bond donors (Lipinski definition) is 1. The lowest BCUT2D eigenvalue weighted by molar-refractivity contribution is -0.0126. The zero-order valence-corrected chi connectivity index (χ0v) is 19.7. The molecule has 0 fully saturated rings. The van der Waals surface area contributed by atoms with Crippen molar-refractivity contribution in [3.05, 3.63) is 53.2 Å². The number of aromatic nitrogens is 3. The summed E-state index contributed by atoms with van der Waals surface area (Å²) in [7, 11) is 3.24. The number of halogens is 2. The zero-order chi connectivity index (χ0) is 24.7. The summed E-state index contributed by atoms with van der Waals surface area (Å²) >= 11 is 0. The van der Waals surface area contributed by atoms with E-state index in [4.69, 9.17) is 14.5 Å². The van der Waals surface area contributed by atoms with Crippen molar-refractivity contribution in [2.75, 3.05) is 27.4 Å². The molecule has 0 unspecified atom stereocenters. The predicted molar refractivity (Wildman–Crippen MR) is 128 cm³/mol. The van der Waals surface area contributed by atoms with Crippen molar-refractivity contribution in [2.24, 2.45) is 0 Å². The molecule has 0 bridgehead atoms. The molecule has 0 saturated heterocycles. The number of fused-ring (bicyclic) bond motifs is 4. The maximum atomic E-state index is 14.4. The molecule has 35 heavy (non-hydrogen) atoms. The Kier molecular flexibility index (Phi) is 6.06. The second kappa shape index (κ2) is 9.05. The molecule has 2 aromatic carbocycles. The lowest BCUT2D eigenvalue weighted by Crippen LogP contribution is -2.26. The third-order valence-electron chi connectivity index (χ3n) is 6.74. The normalized spacial score (nSPS) is 15.1. The summed E-state index contributed by atoms with van der Waals surface area (Å²) in [6, 6.07) is 10.7. The molecule has 1 N–H and O–H groups in total. The van der Waals surface area contributed by atoms with Gasteiger partial charge in [0.2, 0.25) is 0 Å². The third kappa shape index (κ3) is 4.19. The van der Waals surface area contributed by atoms with E-state index < -0.39 is 11.9 Å². The van der Waals surface area contributed by atoms with Gasteiger partial charge in [0.15, 0.2) is 0 Å². The van der Waals surface area contributed by atoms with E-state index in [1.165, 1.54) is 0 Å². The summed E-state index contributed by atoms with van der Waals surface area (Å²) in [4.78, 5) is 16.2. The van der Waals surface area contributed by atoms with E-state index in [1.807, 2.05) is 22.8 Å². The van der Waals surface area contributed by atoms with Gasteiger partial charge in [0, 0.05) is 62.3 Å². The Morgan fingerprint density at radius 3 is 2.49 bits per heavy atom. The molecular weight excluding hydrogens is 456 g/mol.